The molecule has 8 heteroatoms. The number of carbonyl (C=O) groups is 1. The Morgan fingerprint density at radius 1 is 0.902 bits per heavy atom. The largest absolute Gasteiger partial charge is 0.486 e. The van der Waals surface area contributed by atoms with Crippen LogP contribution in [-0.2, 0) is 11.3 Å². The fourth-order valence-electron chi connectivity index (χ4n) is 6.02. The van der Waals surface area contributed by atoms with Crippen molar-refractivity contribution in [3.05, 3.63) is 90.1 Å². The minimum Gasteiger partial charge on any atom is -0.486 e. The van der Waals surface area contributed by atoms with E-state index in [9.17, 15) is 9.90 Å². The van der Waals surface area contributed by atoms with Gasteiger partial charge in [0.15, 0.2) is 23.0 Å². The number of carboxylic acid groups (broad SMARTS) is 1. The molecule has 1 saturated heterocycles. The van der Waals surface area contributed by atoms with E-state index in [4.69, 9.17) is 9.47 Å². The predicted molar refractivity (Wildman–Crippen MR) is 156 cm³/mol. The van der Waals surface area contributed by atoms with Crippen LogP contribution in [0.15, 0.2) is 79.0 Å². The number of ether oxygens (including phenoxy) is 2. The Morgan fingerprint density at radius 2 is 1.63 bits per heavy atom. The highest BCUT2D eigenvalue weighted by Gasteiger charge is 2.30. The third-order valence-corrected chi connectivity index (χ3v) is 8.15. The lowest BCUT2D eigenvalue weighted by molar-refractivity contribution is -0.142. The molecule has 2 aliphatic rings. The fourth-order valence-corrected chi connectivity index (χ4v) is 6.02. The third-order valence-electron chi connectivity index (χ3n) is 8.15. The maximum atomic E-state index is 11.5. The smallest absolute Gasteiger partial charge is 0.320 e. The van der Waals surface area contributed by atoms with E-state index < -0.39 is 12.0 Å². The lowest BCUT2D eigenvalue weighted by Crippen LogP contribution is -2.35. The normalized spacial score (nSPS) is 16.8. The van der Waals surface area contributed by atoms with Crippen molar-refractivity contribution in [3.8, 4) is 45.1 Å². The highest BCUT2D eigenvalue weighted by Crippen LogP contribution is 2.38. The van der Waals surface area contributed by atoms with Gasteiger partial charge in [-0.2, -0.15) is 0 Å². The number of hydrogen-bond donors (Lipinski definition) is 1. The van der Waals surface area contributed by atoms with Gasteiger partial charge in [0.2, 0.25) is 0 Å². The van der Waals surface area contributed by atoms with Gasteiger partial charge in [-0.15, -0.1) is 10.2 Å². The van der Waals surface area contributed by atoms with Crippen molar-refractivity contribution >= 4 is 11.6 Å². The molecule has 0 aliphatic carbocycles. The third kappa shape index (κ3) is 4.70. The molecule has 2 aromatic heterocycles. The van der Waals surface area contributed by atoms with E-state index >= 15 is 0 Å². The average Bonchev–Trinajstić information content (AvgIpc) is 3.64. The molecule has 2 aliphatic heterocycles. The van der Waals surface area contributed by atoms with E-state index in [1.54, 1.807) is 0 Å². The fraction of sp³-hybridized carbons (Fsp3) is 0.242. The molecule has 41 heavy (non-hydrogen) atoms. The van der Waals surface area contributed by atoms with Crippen molar-refractivity contribution < 1.29 is 19.4 Å². The van der Waals surface area contributed by atoms with E-state index in [-0.39, 0.29) is 0 Å². The van der Waals surface area contributed by atoms with Gasteiger partial charge in [-0.05, 0) is 84.0 Å². The molecule has 0 unspecified atom stereocenters. The summed E-state index contributed by atoms with van der Waals surface area (Å²) in [4.78, 5) is 13.6. The van der Waals surface area contributed by atoms with Crippen molar-refractivity contribution in [1.29, 1.82) is 0 Å². The van der Waals surface area contributed by atoms with Crippen LogP contribution in [0.1, 0.15) is 24.0 Å². The van der Waals surface area contributed by atoms with Gasteiger partial charge in [-0.3, -0.25) is 14.1 Å². The number of fused-ring (bicyclic) bond motifs is 2. The molecule has 8 nitrogen and oxygen atoms in total. The first-order valence-corrected chi connectivity index (χ1v) is 14.0. The molecule has 5 aromatic rings. The van der Waals surface area contributed by atoms with Crippen LogP contribution in [0.4, 0.5) is 0 Å². The Labute approximate surface area is 237 Å². The van der Waals surface area contributed by atoms with E-state index in [1.165, 1.54) is 5.56 Å². The summed E-state index contributed by atoms with van der Waals surface area (Å²) in [6.45, 7) is 4.72. The number of pyridine rings is 1. The molecule has 4 heterocycles. The number of aromatic nitrogens is 3. The summed E-state index contributed by atoms with van der Waals surface area (Å²) in [5.41, 5.74) is 8.43. The zero-order valence-electron chi connectivity index (χ0n) is 22.8. The molecule has 0 radical (unpaired) electrons. The van der Waals surface area contributed by atoms with Crippen LogP contribution in [0, 0.1) is 6.92 Å². The SMILES string of the molecule is Cc1c(-c2ccc3c(c2)OCCO3)cccc1-c1ccn2c(-c3ccc(CN4CCC[C@H]4C(=O)O)cc3)nnc2c1. The summed E-state index contributed by atoms with van der Waals surface area (Å²) in [6, 6.07) is 24.4. The van der Waals surface area contributed by atoms with Crippen molar-refractivity contribution in [3.63, 3.8) is 0 Å². The summed E-state index contributed by atoms with van der Waals surface area (Å²) < 4.78 is 13.5. The zero-order chi connectivity index (χ0) is 27.9. The van der Waals surface area contributed by atoms with Crippen LogP contribution in [0.5, 0.6) is 11.5 Å². The van der Waals surface area contributed by atoms with Crippen LogP contribution in [0.3, 0.4) is 0 Å². The topological polar surface area (TPSA) is 89.2 Å². The number of nitrogens with zero attached hydrogens (tertiary/aromatic N) is 4. The monoisotopic (exact) mass is 546 g/mol. The molecule has 206 valence electrons. The molecule has 0 spiro atoms. The summed E-state index contributed by atoms with van der Waals surface area (Å²) in [5.74, 6) is 1.60. The molecule has 0 amide bonds. The van der Waals surface area contributed by atoms with Crippen molar-refractivity contribution in [1.82, 2.24) is 19.5 Å². The molecule has 0 saturated carbocycles. The molecule has 1 atom stereocenters. The molecule has 0 bridgehead atoms. The Morgan fingerprint density at radius 3 is 2.41 bits per heavy atom. The van der Waals surface area contributed by atoms with E-state index in [2.05, 4.69) is 71.7 Å². The van der Waals surface area contributed by atoms with Crippen LogP contribution in [-0.4, -0.2) is 56.4 Å². The van der Waals surface area contributed by atoms with Crippen molar-refractivity contribution in [2.24, 2.45) is 0 Å². The maximum absolute atomic E-state index is 11.5. The first kappa shape index (κ1) is 25.3. The second-order valence-electron chi connectivity index (χ2n) is 10.7. The predicted octanol–water partition coefficient (Wildman–Crippen LogP) is 5.86. The molecule has 3 aromatic carbocycles. The maximum Gasteiger partial charge on any atom is 0.320 e. The molecular weight excluding hydrogens is 516 g/mol. The van der Waals surface area contributed by atoms with Gasteiger partial charge in [0.05, 0.1) is 0 Å². The standard InChI is InChI=1S/C33H30N4O4/c1-21-26(24-11-12-29-30(18-24)41-17-16-40-29)4-2-5-27(21)25-13-15-37-31(19-25)34-35-32(37)23-9-7-22(8-10-23)20-36-14-3-6-28(36)33(38)39/h2,4-5,7-13,15,18-19,28H,3,6,14,16-17,20H2,1H3,(H,38,39)/t28-/m0/s1. The van der Waals surface area contributed by atoms with Crippen LogP contribution in [0.25, 0.3) is 39.3 Å². The Balaban J connectivity index is 1.15. The molecular formula is C33H30N4O4. The summed E-state index contributed by atoms with van der Waals surface area (Å²) in [6.07, 6.45) is 3.65. The highest BCUT2D eigenvalue weighted by atomic mass is 16.6. The number of rotatable bonds is 6. The van der Waals surface area contributed by atoms with Crippen LogP contribution < -0.4 is 9.47 Å². The Hall–Kier alpha value is -4.69. The van der Waals surface area contributed by atoms with E-state index in [1.807, 2.05) is 33.7 Å². The lowest BCUT2D eigenvalue weighted by Gasteiger charge is -2.21. The molecule has 7 rings (SSSR count). The summed E-state index contributed by atoms with van der Waals surface area (Å²) in [5, 5.41) is 18.5. The van der Waals surface area contributed by atoms with Gasteiger partial charge in [0.25, 0.3) is 0 Å². The Bertz CT molecular complexity index is 1760. The van der Waals surface area contributed by atoms with E-state index in [0.717, 1.165) is 69.3 Å². The average molecular weight is 547 g/mol. The molecule has 1 N–H and O–H groups in total. The highest BCUT2D eigenvalue weighted by molar-refractivity contribution is 5.80. The number of hydrogen-bond acceptors (Lipinski definition) is 6. The van der Waals surface area contributed by atoms with Gasteiger partial charge in [0, 0.05) is 18.3 Å². The van der Waals surface area contributed by atoms with Gasteiger partial charge in [-0.1, -0.05) is 48.5 Å². The molecule has 1 fully saturated rings. The second kappa shape index (κ2) is 10.4. The quantitative estimate of drug-likeness (QED) is 0.285. The summed E-state index contributed by atoms with van der Waals surface area (Å²) in [7, 11) is 0. The first-order valence-electron chi connectivity index (χ1n) is 14.0. The first-order chi connectivity index (χ1) is 20.0. The second-order valence-corrected chi connectivity index (χ2v) is 10.7. The van der Waals surface area contributed by atoms with E-state index in [0.29, 0.717) is 26.2 Å². The van der Waals surface area contributed by atoms with Crippen LogP contribution >= 0.6 is 0 Å². The summed E-state index contributed by atoms with van der Waals surface area (Å²) >= 11 is 0. The Kier molecular flexibility index (Phi) is 6.40. The van der Waals surface area contributed by atoms with Gasteiger partial charge >= 0.3 is 5.97 Å². The van der Waals surface area contributed by atoms with Gasteiger partial charge in [0.1, 0.15) is 19.3 Å². The van der Waals surface area contributed by atoms with Crippen molar-refractivity contribution in [2.45, 2.75) is 32.4 Å². The number of aliphatic carboxylic acids is 1. The van der Waals surface area contributed by atoms with Crippen LogP contribution in [0.2, 0.25) is 0 Å². The number of carboxylic acids is 1. The van der Waals surface area contributed by atoms with Gasteiger partial charge < -0.3 is 14.6 Å². The zero-order valence-corrected chi connectivity index (χ0v) is 22.8. The lowest BCUT2D eigenvalue weighted by atomic mass is 9.93. The number of benzene rings is 3. The number of likely N-dealkylation sites (tertiary alicyclic amines) is 1. The minimum absolute atomic E-state index is 0.393. The minimum atomic E-state index is -0.737. The van der Waals surface area contributed by atoms with Gasteiger partial charge in [-0.25, -0.2) is 0 Å². The van der Waals surface area contributed by atoms with Crippen molar-refractivity contribution in [2.75, 3.05) is 19.8 Å².